The molecule has 4 heteroatoms. The second-order valence-corrected chi connectivity index (χ2v) is 4.35. The fourth-order valence-electron chi connectivity index (χ4n) is 1.96. The van der Waals surface area contributed by atoms with Gasteiger partial charge >= 0.3 is 0 Å². The molecule has 1 atom stereocenters. The molecule has 4 nitrogen and oxygen atoms in total. The molecule has 0 radical (unpaired) electrons. The minimum atomic E-state index is 0.179. The summed E-state index contributed by atoms with van der Waals surface area (Å²) in [6, 6.07) is 6.72. The molecule has 0 saturated carbocycles. The SMILES string of the molecule is CNC(Cc1cc(C)ccc1C)c1ncn[nH]1. The van der Waals surface area contributed by atoms with Gasteiger partial charge in [0.1, 0.15) is 12.2 Å². The summed E-state index contributed by atoms with van der Waals surface area (Å²) in [4.78, 5) is 4.21. The maximum Gasteiger partial charge on any atom is 0.141 e. The van der Waals surface area contributed by atoms with Crippen LogP contribution in [0.2, 0.25) is 0 Å². The molecule has 17 heavy (non-hydrogen) atoms. The van der Waals surface area contributed by atoms with E-state index in [2.05, 4.69) is 52.5 Å². The summed E-state index contributed by atoms with van der Waals surface area (Å²) in [5.74, 6) is 0.883. The first-order valence-corrected chi connectivity index (χ1v) is 5.79. The van der Waals surface area contributed by atoms with Crippen molar-refractivity contribution in [2.75, 3.05) is 7.05 Å². The molecular weight excluding hydrogens is 212 g/mol. The van der Waals surface area contributed by atoms with Crippen LogP contribution in [0.15, 0.2) is 24.5 Å². The topological polar surface area (TPSA) is 53.6 Å². The second-order valence-electron chi connectivity index (χ2n) is 4.35. The molecular formula is C13H18N4. The number of aromatic nitrogens is 3. The van der Waals surface area contributed by atoms with Gasteiger partial charge in [-0.05, 0) is 38.4 Å². The molecule has 1 aromatic carbocycles. The van der Waals surface area contributed by atoms with Crippen molar-refractivity contribution in [1.29, 1.82) is 0 Å². The lowest BCUT2D eigenvalue weighted by Gasteiger charge is -2.15. The number of aryl methyl sites for hydroxylation is 2. The number of hydrogen-bond acceptors (Lipinski definition) is 3. The van der Waals surface area contributed by atoms with E-state index in [4.69, 9.17) is 0 Å². The highest BCUT2D eigenvalue weighted by Gasteiger charge is 2.14. The summed E-state index contributed by atoms with van der Waals surface area (Å²) in [6.07, 6.45) is 2.46. The molecule has 0 aliphatic rings. The minimum Gasteiger partial charge on any atom is -0.310 e. The molecule has 1 unspecified atom stereocenters. The van der Waals surface area contributed by atoms with Crippen LogP contribution in [0.5, 0.6) is 0 Å². The van der Waals surface area contributed by atoms with Gasteiger partial charge in [0, 0.05) is 0 Å². The van der Waals surface area contributed by atoms with Crippen LogP contribution in [-0.4, -0.2) is 22.2 Å². The number of H-pyrrole nitrogens is 1. The van der Waals surface area contributed by atoms with Gasteiger partial charge in [-0.1, -0.05) is 23.8 Å². The monoisotopic (exact) mass is 230 g/mol. The molecule has 0 aliphatic heterocycles. The number of aromatic amines is 1. The van der Waals surface area contributed by atoms with E-state index >= 15 is 0 Å². The van der Waals surface area contributed by atoms with Crippen molar-refractivity contribution in [2.24, 2.45) is 0 Å². The van der Waals surface area contributed by atoms with Crippen LogP contribution in [0.1, 0.15) is 28.6 Å². The van der Waals surface area contributed by atoms with Crippen LogP contribution in [0.25, 0.3) is 0 Å². The molecule has 1 heterocycles. The van der Waals surface area contributed by atoms with E-state index in [1.165, 1.54) is 16.7 Å². The Hall–Kier alpha value is -1.68. The van der Waals surface area contributed by atoms with Gasteiger partial charge < -0.3 is 5.32 Å². The molecule has 90 valence electrons. The molecule has 0 bridgehead atoms. The lowest BCUT2D eigenvalue weighted by molar-refractivity contribution is 0.558. The quantitative estimate of drug-likeness (QED) is 0.843. The number of nitrogens with one attached hydrogen (secondary N) is 2. The number of nitrogens with zero attached hydrogens (tertiary/aromatic N) is 2. The summed E-state index contributed by atoms with van der Waals surface area (Å²) < 4.78 is 0. The zero-order valence-corrected chi connectivity index (χ0v) is 10.5. The molecule has 2 N–H and O–H groups in total. The Morgan fingerprint density at radius 3 is 2.82 bits per heavy atom. The molecule has 0 fully saturated rings. The van der Waals surface area contributed by atoms with Gasteiger partial charge in [0.15, 0.2) is 0 Å². The van der Waals surface area contributed by atoms with Crippen LogP contribution >= 0.6 is 0 Å². The summed E-state index contributed by atoms with van der Waals surface area (Å²) in [7, 11) is 1.94. The maximum absolute atomic E-state index is 4.21. The third-order valence-electron chi connectivity index (χ3n) is 3.04. The standard InChI is InChI=1S/C13H18N4/c1-9-4-5-10(2)11(6-9)7-12(14-3)13-15-8-16-17-13/h4-6,8,12,14H,7H2,1-3H3,(H,15,16,17). The lowest BCUT2D eigenvalue weighted by atomic mass is 9.99. The summed E-state index contributed by atoms with van der Waals surface area (Å²) in [5, 5.41) is 10.1. The maximum atomic E-state index is 4.21. The third-order valence-corrected chi connectivity index (χ3v) is 3.04. The first-order chi connectivity index (χ1) is 8.20. The normalized spacial score (nSPS) is 12.6. The van der Waals surface area contributed by atoms with Crippen molar-refractivity contribution in [1.82, 2.24) is 20.5 Å². The van der Waals surface area contributed by atoms with Crippen molar-refractivity contribution in [3.63, 3.8) is 0 Å². The van der Waals surface area contributed by atoms with Crippen molar-refractivity contribution in [2.45, 2.75) is 26.3 Å². The van der Waals surface area contributed by atoms with E-state index in [0.717, 1.165) is 12.2 Å². The highest BCUT2D eigenvalue weighted by Crippen LogP contribution is 2.18. The summed E-state index contributed by atoms with van der Waals surface area (Å²) in [6.45, 7) is 4.26. The van der Waals surface area contributed by atoms with Crippen LogP contribution < -0.4 is 5.32 Å². The van der Waals surface area contributed by atoms with E-state index in [-0.39, 0.29) is 6.04 Å². The van der Waals surface area contributed by atoms with Gasteiger partial charge in [0.05, 0.1) is 6.04 Å². The van der Waals surface area contributed by atoms with Gasteiger partial charge in [-0.3, -0.25) is 5.10 Å². The van der Waals surface area contributed by atoms with Gasteiger partial charge in [0.25, 0.3) is 0 Å². The molecule has 0 aliphatic carbocycles. The Morgan fingerprint density at radius 1 is 1.35 bits per heavy atom. The van der Waals surface area contributed by atoms with Crippen LogP contribution in [0.4, 0.5) is 0 Å². The van der Waals surface area contributed by atoms with Crippen molar-refractivity contribution in [3.05, 3.63) is 47.0 Å². The highest BCUT2D eigenvalue weighted by atomic mass is 15.2. The van der Waals surface area contributed by atoms with Gasteiger partial charge in [-0.25, -0.2) is 4.98 Å². The number of hydrogen-bond donors (Lipinski definition) is 2. The zero-order chi connectivity index (χ0) is 12.3. The van der Waals surface area contributed by atoms with Gasteiger partial charge in [-0.15, -0.1) is 0 Å². The Bertz CT molecular complexity index is 476. The predicted molar refractivity (Wildman–Crippen MR) is 67.8 cm³/mol. The first kappa shape index (κ1) is 11.8. The second kappa shape index (κ2) is 5.10. The molecule has 0 amide bonds. The zero-order valence-electron chi connectivity index (χ0n) is 10.5. The van der Waals surface area contributed by atoms with Crippen LogP contribution in [0, 0.1) is 13.8 Å². The van der Waals surface area contributed by atoms with Crippen LogP contribution in [0.3, 0.4) is 0 Å². The van der Waals surface area contributed by atoms with Crippen molar-refractivity contribution in [3.8, 4) is 0 Å². The minimum absolute atomic E-state index is 0.179. The summed E-state index contributed by atoms with van der Waals surface area (Å²) >= 11 is 0. The Morgan fingerprint density at radius 2 is 2.18 bits per heavy atom. The van der Waals surface area contributed by atoms with Gasteiger partial charge in [0.2, 0.25) is 0 Å². The number of benzene rings is 1. The fourth-order valence-corrected chi connectivity index (χ4v) is 1.96. The number of likely N-dealkylation sites (N-methyl/N-ethyl adjacent to an activating group) is 1. The van der Waals surface area contributed by atoms with E-state index in [0.29, 0.717) is 0 Å². The van der Waals surface area contributed by atoms with E-state index in [9.17, 15) is 0 Å². The Kier molecular flexibility index (Phi) is 3.54. The molecule has 2 rings (SSSR count). The first-order valence-electron chi connectivity index (χ1n) is 5.79. The Labute approximate surface area is 101 Å². The lowest BCUT2D eigenvalue weighted by Crippen LogP contribution is -2.20. The summed E-state index contributed by atoms with van der Waals surface area (Å²) in [5.41, 5.74) is 3.95. The molecule has 0 saturated heterocycles. The van der Waals surface area contributed by atoms with E-state index in [1.54, 1.807) is 6.33 Å². The average Bonchev–Trinajstić information content (AvgIpc) is 2.84. The van der Waals surface area contributed by atoms with E-state index < -0.39 is 0 Å². The molecule has 0 spiro atoms. The highest BCUT2D eigenvalue weighted by molar-refractivity contribution is 5.31. The predicted octanol–water partition coefficient (Wildman–Crippen LogP) is 1.92. The molecule has 1 aromatic heterocycles. The average molecular weight is 230 g/mol. The fraction of sp³-hybridized carbons (Fsp3) is 0.385. The van der Waals surface area contributed by atoms with Gasteiger partial charge in [-0.2, -0.15) is 5.10 Å². The van der Waals surface area contributed by atoms with Crippen LogP contribution in [-0.2, 0) is 6.42 Å². The largest absolute Gasteiger partial charge is 0.310 e. The smallest absolute Gasteiger partial charge is 0.141 e. The Balaban J connectivity index is 2.21. The van der Waals surface area contributed by atoms with Crippen molar-refractivity contribution >= 4 is 0 Å². The third kappa shape index (κ3) is 2.71. The van der Waals surface area contributed by atoms with E-state index in [1.807, 2.05) is 7.05 Å². The number of rotatable bonds is 4. The molecule has 2 aromatic rings. The van der Waals surface area contributed by atoms with Crippen molar-refractivity contribution < 1.29 is 0 Å².